The number of hydrogen-bond donors (Lipinski definition) is 3. The summed E-state index contributed by atoms with van der Waals surface area (Å²) < 4.78 is 0. The summed E-state index contributed by atoms with van der Waals surface area (Å²) in [5.74, 6) is 7.04. The minimum atomic E-state index is -0.314. The number of rotatable bonds is 3. The zero-order chi connectivity index (χ0) is 13.3. The molecule has 1 aromatic rings. The molecular formula is C11H18N6O. The number of primary amides is 1. The lowest BCUT2D eigenvalue weighted by atomic mass is 10.2. The Balaban J connectivity index is 2.44. The first-order chi connectivity index (χ1) is 8.54. The monoisotopic (exact) mass is 250 g/mol. The maximum absolute atomic E-state index is 11.4. The first-order valence-corrected chi connectivity index (χ1v) is 5.92. The molecule has 1 amide bonds. The maximum atomic E-state index is 11.4. The number of carbonyl (C=O) groups is 1. The van der Waals surface area contributed by atoms with Crippen molar-refractivity contribution in [3.8, 4) is 0 Å². The van der Waals surface area contributed by atoms with Crippen LogP contribution in [0.15, 0.2) is 0 Å². The van der Waals surface area contributed by atoms with Gasteiger partial charge in [0.25, 0.3) is 0 Å². The third kappa shape index (κ3) is 2.08. The van der Waals surface area contributed by atoms with Gasteiger partial charge in [0, 0.05) is 12.1 Å². The number of aryl methyl sites for hydroxylation is 1. The molecule has 7 heteroatoms. The molecule has 1 unspecified atom stereocenters. The van der Waals surface area contributed by atoms with Crippen molar-refractivity contribution in [3.05, 3.63) is 11.4 Å². The molecule has 2 rings (SSSR count). The van der Waals surface area contributed by atoms with E-state index in [4.69, 9.17) is 11.6 Å². The number of nitrogen functional groups attached to an aromatic ring is 1. The second-order valence-corrected chi connectivity index (χ2v) is 4.47. The van der Waals surface area contributed by atoms with Crippen LogP contribution in [0, 0.1) is 13.8 Å². The molecule has 0 saturated carbocycles. The van der Waals surface area contributed by atoms with Crippen LogP contribution in [0.3, 0.4) is 0 Å². The van der Waals surface area contributed by atoms with E-state index in [1.54, 1.807) is 6.92 Å². The summed E-state index contributed by atoms with van der Waals surface area (Å²) in [4.78, 5) is 22.0. The van der Waals surface area contributed by atoms with Crippen LogP contribution in [-0.4, -0.2) is 28.5 Å². The summed E-state index contributed by atoms with van der Waals surface area (Å²) in [6.45, 7) is 4.44. The van der Waals surface area contributed by atoms with Crippen LogP contribution < -0.4 is 21.9 Å². The van der Waals surface area contributed by atoms with E-state index in [1.165, 1.54) is 0 Å². The largest absolute Gasteiger partial charge is 0.368 e. The minimum Gasteiger partial charge on any atom is -0.368 e. The molecule has 98 valence electrons. The van der Waals surface area contributed by atoms with E-state index in [0.29, 0.717) is 11.6 Å². The molecule has 0 aromatic carbocycles. The Morgan fingerprint density at radius 2 is 2.17 bits per heavy atom. The molecule has 1 fully saturated rings. The third-order valence-corrected chi connectivity index (χ3v) is 3.22. The molecular weight excluding hydrogens is 232 g/mol. The summed E-state index contributed by atoms with van der Waals surface area (Å²) in [5, 5.41) is 0. The van der Waals surface area contributed by atoms with Crippen LogP contribution in [0.5, 0.6) is 0 Å². The normalized spacial score (nSPS) is 19.1. The van der Waals surface area contributed by atoms with E-state index in [9.17, 15) is 4.79 Å². The summed E-state index contributed by atoms with van der Waals surface area (Å²) in [5.41, 5.74) is 8.80. The molecule has 1 atom stereocenters. The SMILES string of the molecule is Cc1nc(NN)c(C)c(N2CCCC2C(N)=O)n1. The van der Waals surface area contributed by atoms with Crippen LogP contribution in [0.25, 0.3) is 0 Å². The van der Waals surface area contributed by atoms with Gasteiger partial charge in [0.05, 0.1) is 0 Å². The highest BCUT2D eigenvalue weighted by atomic mass is 16.1. The van der Waals surface area contributed by atoms with Crippen molar-refractivity contribution in [1.29, 1.82) is 0 Å². The van der Waals surface area contributed by atoms with Gasteiger partial charge in [-0.3, -0.25) is 4.79 Å². The van der Waals surface area contributed by atoms with Crippen molar-refractivity contribution in [3.63, 3.8) is 0 Å². The van der Waals surface area contributed by atoms with Gasteiger partial charge in [-0.2, -0.15) is 0 Å². The smallest absolute Gasteiger partial charge is 0.240 e. The predicted octanol–water partition coefficient (Wildman–Crippen LogP) is -0.167. The van der Waals surface area contributed by atoms with Crippen LogP contribution in [0.4, 0.5) is 11.6 Å². The van der Waals surface area contributed by atoms with Crippen molar-refractivity contribution < 1.29 is 4.79 Å². The fraction of sp³-hybridized carbons (Fsp3) is 0.545. The molecule has 1 saturated heterocycles. The highest BCUT2D eigenvalue weighted by molar-refractivity contribution is 5.84. The second kappa shape index (κ2) is 4.77. The van der Waals surface area contributed by atoms with Crippen molar-refractivity contribution in [2.24, 2.45) is 11.6 Å². The lowest BCUT2D eigenvalue weighted by Gasteiger charge is -2.25. The molecule has 7 nitrogen and oxygen atoms in total. The summed E-state index contributed by atoms with van der Waals surface area (Å²) in [6, 6.07) is -0.288. The fourth-order valence-electron chi connectivity index (χ4n) is 2.35. The second-order valence-electron chi connectivity index (χ2n) is 4.47. The fourth-order valence-corrected chi connectivity index (χ4v) is 2.35. The van der Waals surface area contributed by atoms with E-state index in [-0.39, 0.29) is 11.9 Å². The van der Waals surface area contributed by atoms with Crippen molar-refractivity contribution in [2.45, 2.75) is 32.7 Å². The Hall–Kier alpha value is -1.89. The summed E-state index contributed by atoms with van der Waals surface area (Å²) in [7, 11) is 0. The van der Waals surface area contributed by atoms with Gasteiger partial charge in [0.1, 0.15) is 23.5 Å². The summed E-state index contributed by atoms with van der Waals surface area (Å²) in [6.07, 6.45) is 1.70. The van der Waals surface area contributed by atoms with Gasteiger partial charge in [-0.05, 0) is 26.7 Å². The molecule has 18 heavy (non-hydrogen) atoms. The molecule has 1 aliphatic rings. The van der Waals surface area contributed by atoms with Crippen molar-refractivity contribution in [2.75, 3.05) is 16.9 Å². The quantitative estimate of drug-likeness (QED) is 0.507. The van der Waals surface area contributed by atoms with Gasteiger partial charge in [-0.15, -0.1) is 0 Å². The van der Waals surface area contributed by atoms with Crippen LogP contribution in [0.1, 0.15) is 24.2 Å². The number of amides is 1. The van der Waals surface area contributed by atoms with Gasteiger partial charge in [0.2, 0.25) is 5.91 Å². The third-order valence-electron chi connectivity index (χ3n) is 3.22. The first kappa shape index (κ1) is 12.6. The lowest BCUT2D eigenvalue weighted by molar-refractivity contribution is -0.119. The van der Waals surface area contributed by atoms with Crippen LogP contribution in [0.2, 0.25) is 0 Å². The minimum absolute atomic E-state index is 0.288. The molecule has 0 bridgehead atoms. The topological polar surface area (TPSA) is 110 Å². The van der Waals surface area contributed by atoms with Gasteiger partial charge in [-0.25, -0.2) is 15.8 Å². The van der Waals surface area contributed by atoms with E-state index in [0.717, 1.165) is 30.8 Å². The van der Waals surface area contributed by atoms with Gasteiger partial charge in [0.15, 0.2) is 0 Å². The average molecular weight is 250 g/mol. The zero-order valence-electron chi connectivity index (χ0n) is 10.6. The molecule has 0 radical (unpaired) electrons. The molecule has 0 spiro atoms. The Labute approximate surface area is 106 Å². The van der Waals surface area contributed by atoms with Crippen molar-refractivity contribution >= 4 is 17.5 Å². The molecule has 1 aromatic heterocycles. The zero-order valence-corrected chi connectivity index (χ0v) is 10.6. The number of hydrazine groups is 1. The highest BCUT2D eigenvalue weighted by Gasteiger charge is 2.31. The van der Waals surface area contributed by atoms with Crippen LogP contribution in [-0.2, 0) is 4.79 Å². The summed E-state index contributed by atoms with van der Waals surface area (Å²) >= 11 is 0. The van der Waals surface area contributed by atoms with E-state index >= 15 is 0 Å². The molecule has 5 N–H and O–H groups in total. The number of aromatic nitrogens is 2. The number of nitrogens with zero attached hydrogens (tertiary/aromatic N) is 3. The van der Waals surface area contributed by atoms with Gasteiger partial charge < -0.3 is 16.1 Å². The number of nitrogens with two attached hydrogens (primary N) is 2. The number of nitrogens with one attached hydrogen (secondary N) is 1. The van der Waals surface area contributed by atoms with E-state index in [2.05, 4.69) is 15.4 Å². The Bertz CT molecular complexity index is 475. The molecule has 2 heterocycles. The first-order valence-electron chi connectivity index (χ1n) is 5.92. The lowest BCUT2D eigenvalue weighted by Crippen LogP contribution is -2.41. The van der Waals surface area contributed by atoms with E-state index in [1.807, 2.05) is 11.8 Å². The number of anilines is 2. The standard InChI is InChI=1S/C11H18N6O/c1-6-10(16-13)14-7(2)15-11(6)17-5-3-4-8(17)9(12)18/h8H,3-5,13H2,1-2H3,(H2,12,18)(H,14,15,16). The number of carbonyl (C=O) groups excluding carboxylic acids is 1. The predicted molar refractivity (Wildman–Crippen MR) is 68.9 cm³/mol. The maximum Gasteiger partial charge on any atom is 0.240 e. The molecule has 0 aliphatic carbocycles. The van der Waals surface area contributed by atoms with Gasteiger partial charge >= 0.3 is 0 Å². The number of hydrogen-bond acceptors (Lipinski definition) is 6. The highest BCUT2D eigenvalue weighted by Crippen LogP contribution is 2.29. The van der Waals surface area contributed by atoms with E-state index < -0.39 is 0 Å². The molecule has 1 aliphatic heterocycles. The van der Waals surface area contributed by atoms with Crippen molar-refractivity contribution in [1.82, 2.24) is 9.97 Å². The van der Waals surface area contributed by atoms with Crippen LogP contribution >= 0.6 is 0 Å². The average Bonchev–Trinajstić information content (AvgIpc) is 2.80. The Morgan fingerprint density at radius 3 is 2.78 bits per heavy atom. The Morgan fingerprint density at radius 1 is 1.44 bits per heavy atom. The van der Waals surface area contributed by atoms with Gasteiger partial charge in [-0.1, -0.05) is 0 Å². The Kier molecular flexibility index (Phi) is 3.33.